The smallest absolute Gasteiger partial charge is 0.326 e. The van der Waals surface area contributed by atoms with Gasteiger partial charge in [0.2, 0.25) is 0 Å². The Kier molecular flexibility index (Phi) is 5.31. The zero-order valence-electron chi connectivity index (χ0n) is 11.2. The van der Waals surface area contributed by atoms with Gasteiger partial charge in [0.05, 0.1) is 0 Å². The summed E-state index contributed by atoms with van der Waals surface area (Å²) in [6.07, 6.45) is 4.60. The SMILES string of the molecule is CSCCC(NC(=O)NC(C)(C)C1CC1)C(=O)O. The highest BCUT2D eigenvalue weighted by molar-refractivity contribution is 7.98. The van der Waals surface area contributed by atoms with Crippen molar-refractivity contribution in [2.75, 3.05) is 12.0 Å². The molecule has 18 heavy (non-hydrogen) atoms. The molecule has 1 aliphatic rings. The lowest BCUT2D eigenvalue weighted by atomic mass is 9.99. The number of urea groups is 1. The molecule has 0 bridgehead atoms. The minimum absolute atomic E-state index is 0.257. The van der Waals surface area contributed by atoms with Crippen molar-refractivity contribution in [3.63, 3.8) is 0 Å². The van der Waals surface area contributed by atoms with E-state index < -0.39 is 12.0 Å². The molecular weight excluding hydrogens is 252 g/mol. The molecule has 0 aromatic rings. The minimum Gasteiger partial charge on any atom is -0.480 e. The number of nitrogens with one attached hydrogen (secondary N) is 2. The molecule has 3 N–H and O–H groups in total. The number of amides is 2. The number of carboxylic acid groups (broad SMARTS) is 1. The molecule has 0 saturated heterocycles. The topological polar surface area (TPSA) is 78.4 Å². The van der Waals surface area contributed by atoms with Crippen molar-refractivity contribution < 1.29 is 14.7 Å². The van der Waals surface area contributed by atoms with Crippen LogP contribution in [0.15, 0.2) is 0 Å². The molecule has 1 rings (SSSR count). The molecule has 2 amide bonds. The molecule has 0 radical (unpaired) electrons. The van der Waals surface area contributed by atoms with E-state index in [1.165, 1.54) is 0 Å². The van der Waals surface area contributed by atoms with Gasteiger partial charge >= 0.3 is 12.0 Å². The molecule has 1 atom stereocenters. The zero-order chi connectivity index (χ0) is 13.8. The monoisotopic (exact) mass is 274 g/mol. The first-order chi connectivity index (χ1) is 8.36. The lowest BCUT2D eigenvalue weighted by Gasteiger charge is -2.27. The van der Waals surface area contributed by atoms with Gasteiger partial charge in [-0.3, -0.25) is 0 Å². The Morgan fingerprint density at radius 1 is 1.44 bits per heavy atom. The number of thioether (sulfide) groups is 1. The summed E-state index contributed by atoms with van der Waals surface area (Å²) in [7, 11) is 0. The number of carbonyl (C=O) groups excluding carboxylic acids is 1. The maximum absolute atomic E-state index is 11.8. The third-order valence-corrected chi connectivity index (χ3v) is 3.89. The van der Waals surface area contributed by atoms with Gasteiger partial charge in [-0.1, -0.05) is 0 Å². The third-order valence-electron chi connectivity index (χ3n) is 3.25. The quantitative estimate of drug-likeness (QED) is 0.660. The van der Waals surface area contributed by atoms with Crippen LogP contribution < -0.4 is 10.6 Å². The van der Waals surface area contributed by atoms with E-state index in [-0.39, 0.29) is 11.6 Å². The molecule has 1 fully saturated rings. The van der Waals surface area contributed by atoms with Crippen molar-refractivity contribution in [2.24, 2.45) is 5.92 Å². The lowest BCUT2D eigenvalue weighted by molar-refractivity contribution is -0.139. The van der Waals surface area contributed by atoms with Crippen LogP contribution in [0, 0.1) is 5.92 Å². The van der Waals surface area contributed by atoms with Crippen molar-refractivity contribution in [2.45, 2.75) is 44.7 Å². The average molecular weight is 274 g/mol. The number of carboxylic acids is 1. The van der Waals surface area contributed by atoms with Crippen LogP contribution in [0.4, 0.5) is 4.79 Å². The Balaban J connectivity index is 2.42. The average Bonchev–Trinajstić information content (AvgIpc) is 3.06. The number of hydrogen-bond donors (Lipinski definition) is 3. The van der Waals surface area contributed by atoms with Gasteiger partial charge in [0.15, 0.2) is 0 Å². The highest BCUT2D eigenvalue weighted by atomic mass is 32.2. The number of rotatable bonds is 7. The Hall–Kier alpha value is -0.910. The number of aliphatic carboxylic acids is 1. The molecule has 0 heterocycles. The van der Waals surface area contributed by atoms with Crippen molar-refractivity contribution >= 4 is 23.8 Å². The third kappa shape index (κ3) is 4.76. The first kappa shape index (κ1) is 15.1. The fraction of sp³-hybridized carbons (Fsp3) is 0.833. The molecule has 0 spiro atoms. The highest BCUT2D eigenvalue weighted by Gasteiger charge is 2.39. The van der Waals surface area contributed by atoms with Crippen molar-refractivity contribution in [3.05, 3.63) is 0 Å². The van der Waals surface area contributed by atoms with Crippen molar-refractivity contribution in [3.8, 4) is 0 Å². The van der Waals surface area contributed by atoms with Crippen molar-refractivity contribution in [1.82, 2.24) is 10.6 Å². The molecule has 0 aromatic carbocycles. The van der Waals surface area contributed by atoms with Gasteiger partial charge in [0.1, 0.15) is 6.04 Å². The second-order valence-corrected chi connectivity index (χ2v) is 6.25. The summed E-state index contributed by atoms with van der Waals surface area (Å²) in [5, 5.41) is 14.4. The predicted octanol–water partition coefficient (Wildman–Crippen LogP) is 1.68. The van der Waals surface area contributed by atoms with E-state index in [0.717, 1.165) is 12.8 Å². The van der Waals surface area contributed by atoms with Gasteiger partial charge < -0.3 is 15.7 Å². The second kappa shape index (κ2) is 6.31. The maximum atomic E-state index is 11.8. The molecule has 104 valence electrons. The standard InChI is InChI=1S/C12H22N2O3S/c1-12(2,8-4-5-8)14-11(17)13-9(10(15)16)6-7-18-3/h8-9H,4-7H2,1-3H3,(H,15,16)(H2,13,14,17). The van der Waals surface area contributed by atoms with Crippen LogP contribution in [0.5, 0.6) is 0 Å². The molecule has 1 saturated carbocycles. The van der Waals surface area contributed by atoms with Crippen LogP contribution in [0.3, 0.4) is 0 Å². The Bertz CT molecular complexity index is 316. The van der Waals surface area contributed by atoms with Gasteiger partial charge in [0, 0.05) is 5.54 Å². The van der Waals surface area contributed by atoms with Gasteiger partial charge in [-0.05, 0) is 51.0 Å². The second-order valence-electron chi connectivity index (χ2n) is 5.27. The van der Waals surface area contributed by atoms with Crippen LogP contribution in [0.2, 0.25) is 0 Å². The van der Waals surface area contributed by atoms with E-state index in [0.29, 0.717) is 18.1 Å². The maximum Gasteiger partial charge on any atom is 0.326 e. The van der Waals surface area contributed by atoms with E-state index >= 15 is 0 Å². The summed E-state index contributed by atoms with van der Waals surface area (Å²) < 4.78 is 0. The van der Waals surface area contributed by atoms with Crippen LogP contribution in [0.1, 0.15) is 33.1 Å². The van der Waals surface area contributed by atoms with Crippen LogP contribution in [-0.4, -0.2) is 40.7 Å². The molecule has 0 aromatic heterocycles. The zero-order valence-corrected chi connectivity index (χ0v) is 12.0. The van der Waals surface area contributed by atoms with E-state index in [2.05, 4.69) is 10.6 Å². The van der Waals surface area contributed by atoms with E-state index in [4.69, 9.17) is 5.11 Å². The Morgan fingerprint density at radius 2 is 2.06 bits per heavy atom. The summed E-state index contributed by atoms with van der Waals surface area (Å²) in [6, 6.07) is -1.20. The Morgan fingerprint density at radius 3 is 2.50 bits per heavy atom. The molecule has 0 aliphatic heterocycles. The fourth-order valence-electron chi connectivity index (χ4n) is 1.89. The highest BCUT2D eigenvalue weighted by Crippen LogP contribution is 2.39. The first-order valence-corrected chi connectivity index (χ1v) is 7.56. The largest absolute Gasteiger partial charge is 0.480 e. The summed E-state index contributed by atoms with van der Waals surface area (Å²) in [4.78, 5) is 22.8. The fourth-order valence-corrected chi connectivity index (χ4v) is 2.36. The summed E-state index contributed by atoms with van der Waals surface area (Å²) in [6.45, 7) is 3.95. The van der Waals surface area contributed by atoms with E-state index in [1.54, 1.807) is 11.8 Å². The van der Waals surface area contributed by atoms with Crippen LogP contribution >= 0.6 is 11.8 Å². The normalized spacial score (nSPS) is 17.1. The van der Waals surface area contributed by atoms with Gasteiger partial charge in [-0.25, -0.2) is 9.59 Å². The number of carbonyl (C=O) groups is 2. The van der Waals surface area contributed by atoms with Gasteiger partial charge in [-0.2, -0.15) is 11.8 Å². The summed E-state index contributed by atoms with van der Waals surface area (Å²) >= 11 is 1.57. The van der Waals surface area contributed by atoms with Gasteiger partial charge in [0.25, 0.3) is 0 Å². The lowest BCUT2D eigenvalue weighted by Crippen LogP contribution is -2.53. The summed E-state index contributed by atoms with van der Waals surface area (Å²) in [5.41, 5.74) is -0.257. The molecule has 6 heteroatoms. The van der Waals surface area contributed by atoms with Gasteiger partial charge in [-0.15, -0.1) is 0 Å². The minimum atomic E-state index is -0.983. The van der Waals surface area contributed by atoms with E-state index in [1.807, 2.05) is 20.1 Å². The summed E-state index contributed by atoms with van der Waals surface area (Å²) in [5.74, 6) is 0.240. The Labute approximate surface area is 112 Å². The van der Waals surface area contributed by atoms with Crippen molar-refractivity contribution in [1.29, 1.82) is 0 Å². The molecule has 1 unspecified atom stereocenters. The predicted molar refractivity (Wildman–Crippen MR) is 72.9 cm³/mol. The molecule has 5 nitrogen and oxygen atoms in total. The molecule has 1 aliphatic carbocycles. The van der Waals surface area contributed by atoms with Crippen LogP contribution in [0.25, 0.3) is 0 Å². The van der Waals surface area contributed by atoms with Crippen LogP contribution in [-0.2, 0) is 4.79 Å². The molecular formula is C12H22N2O3S. The number of hydrogen-bond acceptors (Lipinski definition) is 3. The van der Waals surface area contributed by atoms with E-state index in [9.17, 15) is 9.59 Å². The first-order valence-electron chi connectivity index (χ1n) is 6.17.